The first kappa shape index (κ1) is 28.2. The van der Waals surface area contributed by atoms with Crippen LogP contribution in [-0.2, 0) is 25.9 Å². The van der Waals surface area contributed by atoms with Gasteiger partial charge in [-0.25, -0.2) is 0 Å². The number of nitrogens with one attached hydrogen (secondary N) is 1. The average Bonchev–Trinajstić information content (AvgIpc) is 3.27. The Labute approximate surface area is 214 Å². The van der Waals surface area contributed by atoms with Gasteiger partial charge in [-0.05, 0) is 43.4 Å². The van der Waals surface area contributed by atoms with E-state index in [4.69, 9.17) is 9.47 Å². The highest BCUT2D eigenvalue weighted by Gasteiger charge is 2.36. The van der Waals surface area contributed by atoms with Crippen molar-refractivity contribution in [2.75, 3.05) is 36.6 Å². The van der Waals surface area contributed by atoms with Crippen molar-refractivity contribution in [3.05, 3.63) is 29.6 Å². The van der Waals surface area contributed by atoms with E-state index in [-0.39, 0.29) is 23.6 Å². The van der Waals surface area contributed by atoms with Crippen molar-refractivity contribution in [1.29, 1.82) is 0 Å². The Morgan fingerprint density at radius 1 is 1.28 bits per heavy atom. The topological polar surface area (TPSA) is 76.6 Å². The number of carbonyl (C=O) groups excluding carboxylic acids is 1. The van der Waals surface area contributed by atoms with Crippen molar-refractivity contribution >= 4 is 34.0 Å². The van der Waals surface area contributed by atoms with Crippen LogP contribution in [0.5, 0.6) is 0 Å². The van der Waals surface area contributed by atoms with Crippen molar-refractivity contribution in [3.63, 3.8) is 0 Å². The van der Waals surface area contributed by atoms with Crippen LogP contribution in [0, 0.1) is 5.92 Å². The Morgan fingerprint density at radius 2 is 1.97 bits per heavy atom. The van der Waals surface area contributed by atoms with E-state index < -0.39 is 17.4 Å². The number of anilines is 3. The number of aromatic nitrogens is 2. The molecule has 0 saturated carbocycles. The molecule has 36 heavy (non-hydrogen) atoms. The minimum Gasteiger partial charge on any atom is -0.466 e. The van der Waals surface area contributed by atoms with Crippen LogP contribution in [-0.4, -0.2) is 47.7 Å². The molecule has 1 N–H and O–H groups in total. The normalized spacial score (nSPS) is 15.2. The zero-order valence-corrected chi connectivity index (χ0v) is 22.3. The van der Waals surface area contributed by atoms with Gasteiger partial charge in [-0.3, -0.25) is 4.79 Å². The molecular weight excluding hydrogens is 493 g/mol. The van der Waals surface area contributed by atoms with Crippen LogP contribution in [0.3, 0.4) is 0 Å². The summed E-state index contributed by atoms with van der Waals surface area (Å²) in [4.78, 5) is 18.2. The number of alkyl halides is 3. The molecule has 0 aliphatic carbocycles. The highest BCUT2D eigenvalue weighted by molar-refractivity contribution is 7.09. The summed E-state index contributed by atoms with van der Waals surface area (Å²) in [5.74, 6) is -1.11. The molecule has 7 nitrogen and oxygen atoms in total. The van der Waals surface area contributed by atoms with E-state index >= 15 is 0 Å². The average molecular weight is 529 g/mol. The molecule has 200 valence electrons. The number of esters is 1. The zero-order valence-electron chi connectivity index (χ0n) is 21.4. The second-order valence-corrected chi connectivity index (χ2v) is 10.8. The fourth-order valence-electron chi connectivity index (χ4n) is 4.32. The van der Waals surface area contributed by atoms with E-state index in [2.05, 4.69) is 33.4 Å². The number of ether oxygens (including phenoxy) is 2. The lowest BCUT2D eigenvalue weighted by atomic mass is 9.81. The fraction of sp³-hybridized carbons (Fsp3) is 0.640. The number of carbonyl (C=O) groups is 1. The van der Waals surface area contributed by atoms with Crippen molar-refractivity contribution in [2.24, 2.45) is 5.92 Å². The molecule has 11 heteroatoms. The first-order chi connectivity index (χ1) is 16.9. The molecule has 0 spiro atoms. The highest BCUT2D eigenvalue weighted by Crippen LogP contribution is 2.39. The number of nitrogens with zero attached hydrogens (tertiary/aromatic N) is 3. The van der Waals surface area contributed by atoms with Gasteiger partial charge < -0.3 is 19.7 Å². The number of halogens is 3. The Kier molecular flexibility index (Phi) is 9.21. The van der Waals surface area contributed by atoms with Gasteiger partial charge in [0.25, 0.3) is 0 Å². The molecule has 0 bridgehead atoms. The van der Waals surface area contributed by atoms with E-state index in [0.717, 1.165) is 30.6 Å². The van der Waals surface area contributed by atoms with Gasteiger partial charge in [-0.1, -0.05) is 33.8 Å². The van der Waals surface area contributed by atoms with Gasteiger partial charge in [0, 0.05) is 42.7 Å². The third kappa shape index (κ3) is 7.32. The molecule has 0 atom stereocenters. The molecule has 1 fully saturated rings. The molecule has 2 aromatic rings. The summed E-state index contributed by atoms with van der Waals surface area (Å²) in [5, 5.41) is 3.16. The lowest BCUT2D eigenvalue weighted by Gasteiger charge is -2.39. The van der Waals surface area contributed by atoms with Gasteiger partial charge in [-0.15, -0.1) is 0 Å². The maximum Gasteiger partial charge on any atom is 0.452 e. The maximum absolute atomic E-state index is 13.1. The monoisotopic (exact) mass is 528 g/mol. The minimum absolute atomic E-state index is 0.0559. The van der Waals surface area contributed by atoms with E-state index in [0.29, 0.717) is 43.0 Å². The molecule has 1 aromatic heterocycles. The number of hydrogen-bond donors (Lipinski definition) is 1. The SMILES string of the molecule is CCOC(=O)CC(C)(C)c1ccc(N(CC(C)C)C2CCOCC2)c(Nc2nc(C(F)(F)F)ns2)c1. The molecule has 0 amide bonds. The van der Waals surface area contributed by atoms with Gasteiger partial charge in [0.1, 0.15) is 0 Å². The summed E-state index contributed by atoms with van der Waals surface area (Å²) < 4.78 is 53.6. The van der Waals surface area contributed by atoms with Gasteiger partial charge >= 0.3 is 12.1 Å². The number of rotatable bonds is 10. The first-order valence-electron chi connectivity index (χ1n) is 12.2. The van der Waals surface area contributed by atoms with Gasteiger partial charge in [0.15, 0.2) is 0 Å². The predicted molar refractivity (Wildman–Crippen MR) is 135 cm³/mol. The van der Waals surface area contributed by atoms with E-state index in [1.54, 1.807) is 6.92 Å². The number of hydrogen-bond acceptors (Lipinski definition) is 8. The predicted octanol–water partition coefficient (Wildman–Crippen LogP) is 6.17. The Bertz CT molecular complexity index is 1020. The molecule has 2 heterocycles. The van der Waals surface area contributed by atoms with E-state index in [1.807, 2.05) is 32.0 Å². The zero-order chi connectivity index (χ0) is 26.5. The molecule has 1 saturated heterocycles. The summed E-state index contributed by atoms with van der Waals surface area (Å²) in [5.41, 5.74) is 1.80. The van der Waals surface area contributed by atoms with Crippen LogP contribution in [0.4, 0.5) is 29.7 Å². The van der Waals surface area contributed by atoms with Crippen LogP contribution < -0.4 is 10.2 Å². The van der Waals surface area contributed by atoms with Crippen LogP contribution in [0.15, 0.2) is 18.2 Å². The molecule has 0 radical (unpaired) electrons. The second kappa shape index (κ2) is 11.8. The smallest absolute Gasteiger partial charge is 0.452 e. The van der Waals surface area contributed by atoms with Crippen molar-refractivity contribution in [1.82, 2.24) is 9.36 Å². The van der Waals surface area contributed by atoms with Crippen LogP contribution in [0.1, 0.15) is 65.3 Å². The standard InChI is InChI=1S/C25H35F3N4O3S/c1-6-35-21(33)14-24(4,5)17-7-8-20(32(15-16(2)3)18-9-11-34-12-10-18)19(13-17)29-23-30-22(31-36-23)25(26,27)28/h7-8,13,16,18H,6,9-12,14-15H2,1-5H3,(H,29,30,31). The minimum atomic E-state index is -4.62. The second-order valence-electron chi connectivity index (χ2n) is 10.0. The van der Waals surface area contributed by atoms with Crippen LogP contribution in [0.2, 0.25) is 0 Å². The van der Waals surface area contributed by atoms with Crippen LogP contribution >= 0.6 is 11.5 Å². The fourth-order valence-corrected chi connectivity index (χ4v) is 4.92. The summed E-state index contributed by atoms with van der Waals surface area (Å²) in [6, 6.07) is 6.10. The molecular formula is C25H35F3N4O3S. The summed E-state index contributed by atoms with van der Waals surface area (Å²) in [6.45, 7) is 12.3. The van der Waals surface area contributed by atoms with Crippen LogP contribution in [0.25, 0.3) is 0 Å². The molecule has 1 aliphatic rings. The molecule has 0 unspecified atom stereocenters. The van der Waals surface area contributed by atoms with Crippen molar-refractivity contribution in [3.8, 4) is 0 Å². The van der Waals surface area contributed by atoms with Gasteiger partial charge in [-0.2, -0.15) is 22.5 Å². The maximum atomic E-state index is 13.1. The molecule has 1 aromatic carbocycles. The van der Waals surface area contributed by atoms with Gasteiger partial charge in [0.05, 0.1) is 24.4 Å². The Balaban J connectivity index is 2.03. The summed E-state index contributed by atoms with van der Waals surface area (Å²) in [6.07, 6.45) is -2.72. The Hall–Kier alpha value is -2.40. The van der Waals surface area contributed by atoms with Gasteiger partial charge in [0.2, 0.25) is 11.0 Å². The lowest BCUT2D eigenvalue weighted by molar-refractivity contribution is -0.145. The molecule has 3 rings (SSSR count). The van der Waals surface area contributed by atoms with Crippen molar-refractivity contribution < 1.29 is 27.4 Å². The Morgan fingerprint density at radius 3 is 2.56 bits per heavy atom. The lowest BCUT2D eigenvalue weighted by Crippen LogP contribution is -2.42. The summed E-state index contributed by atoms with van der Waals surface area (Å²) in [7, 11) is 0. The third-order valence-corrected chi connectivity index (χ3v) is 6.72. The third-order valence-electron chi connectivity index (χ3n) is 6.09. The summed E-state index contributed by atoms with van der Waals surface area (Å²) >= 11 is 0.667. The number of benzene rings is 1. The van der Waals surface area contributed by atoms with E-state index in [9.17, 15) is 18.0 Å². The highest BCUT2D eigenvalue weighted by atomic mass is 32.1. The molecule has 1 aliphatic heterocycles. The first-order valence-corrected chi connectivity index (χ1v) is 13.0. The largest absolute Gasteiger partial charge is 0.466 e. The van der Waals surface area contributed by atoms with E-state index in [1.165, 1.54) is 0 Å². The quantitative estimate of drug-likeness (QED) is 0.370. The van der Waals surface area contributed by atoms with Crippen molar-refractivity contribution in [2.45, 2.75) is 71.5 Å².